The van der Waals surface area contributed by atoms with Crippen LogP contribution in [0.15, 0.2) is 48.5 Å². The number of benzene rings is 2. The molecule has 1 amide bonds. The van der Waals surface area contributed by atoms with E-state index in [0.29, 0.717) is 41.5 Å². The van der Waals surface area contributed by atoms with Gasteiger partial charge in [0.2, 0.25) is 0 Å². The first-order valence-corrected chi connectivity index (χ1v) is 11.5. The van der Waals surface area contributed by atoms with E-state index in [1.54, 1.807) is 36.3 Å². The predicted molar refractivity (Wildman–Crippen MR) is 132 cm³/mol. The standard InChI is InChI=1S/C26H29F3N2O3.ClH/c1-18-9-12-30(13-10-18)15-16-34-24-17-21(7-8-23(24)33-2)31-14-11-22(25(31)32)19-3-5-20(6-4-19)26(27,28)29;/h3-8,11,17-18H,9-10,12-16H2,1-2H3;1H. The normalized spacial score (nSPS) is 17.2. The highest BCUT2D eigenvalue weighted by Crippen LogP contribution is 2.36. The molecule has 1 saturated heterocycles. The molecule has 9 heteroatoms. The molecule has 2 heterocycles. The van der Waals surface area contributed by atoms with Crippen molar-refractivity contribution in [3.05, 3.63) is 59.7 Å². The lowest BCUT2D eigenvalue weighted by molar-refractivity contribution is -0.137. The molecule has 0 atom stereocenters. The molecule has 0 aromatic heterocycles. The van der Waals surface area contributed by atoms with Crippen LogP contribution in [0.1, 0.15) is 30.9 Å². The topological polar surface area (TPSA) is 42.0 Å². The summed E-state index contributed by atoms with van der Waals surface area (Å²) < 4.78 is 50.0. The summed E-state index contributed by atoms with van der Waals surface area (Å²) in [5.41, 5.74) is 0.744. The molecule has 0 N–H and O–H groups in total. The van der Waals surface area contributed by atoms with Gasteiger partial charge < -0.3 is 14.4 Å². The molecule has 0 aliphatic carbocycles. The molecule has 35 heavy (non-hydrogen) atoms. The third-order valence-corrected chi connectivity index (χ3v) is 6.48. The molecule has 0 unspecified atom stereocenters. The van der Waals surface area contributed by atoms with E-state index < -0.39 is 11.7 Å². The van der Waals surface area contributed by atoms with Gasteiger partial charge in [0, 0.05) is 30.4 Å². The fourth-order valence-electron chi connectivity index (χ4n) is 4.32. The van der Waals surface area contributed by atoms with Crippen LogP contribution < -0.4 is 14.4 Å². The minimum Gasteiger partial charge on any atom is -0.493 e. The number of rotatable bonds is 7. The van der Waals surface area contributed by atoms with Crippen molar-refractivity contribution in [3.63, 3.8) is 0 Å². The van der Waals surface area contributed by atoms with E-state index in [4.69, 9.17) is 9.47 Å². The maximum atomic E-state index is 13.1. The Labute approximate surface area is 209 Å². The molecule has 1 fully saturated rings. The summed E-state index contributed by atoms with van der Waals surface area (Å²) in [5.74, 6) is 1.64. The van der Waals surface area contributed by atoms with Gasteiger partial charge in [0.05, 0.1) is 12.7 Å². The largest absolute Gasteiger partial charge is 0.493 e. The number of amides is 1. The van der Waals surface area contributed by atoms with Crippen molar-refractivity contribution < 1.29 is 27.4 Å². The van der Waals surface area contributed by atoms with Crippen LogP contribution in [0.25, 0.3) is 5.57 Å². The number of anilines is 1. The number of nitrogens with zero attached hydrogens (tertiary/aromatic N) is 2. The van der Waals surface area contributed by atoms with Crippen molar-refractivity contribution in [1.82, 2.24) is 4.90 Å². The zero-order valence-corrected chi connectivity index (χ0v) is 20.6. The highest BCUT2D eigenvalue weighted by atomic mass is 35.5. The minimum atomic E-state index is -4.41. The van der Waals surface area contributed by atoms with Crippen molar-refractivity contribution in [2.24, 2.45) is 5.92 Å². The second kappa shape index (κ2) is 11.4. The van der Waals surface area contributed by atoms with Gasteiger partial charge in [0.1, 0.15) is 6.61 Å². The van der Waals surface area contributed by atoms with Gasteiger partial charge in [-0.3, -0.25) is 9.69 Å². The Hall–Kier alpha value is -2.71. The monoisotopic (exact) mass is 510 g/mol. The number of methoxy groups -OCH3 is 1. The van der Waals surface area contributed by atoms with Crippen LogP contribution in [-0.2, 0) is 11.0 Å². The average Bonchev–Trinajstić information content (AvgIpc) is 3.21. The quantitative estimate of drug-likeness (QED) is 0.481. The molecule has 2 aromatic rings. The van der Waals surface area contributed by atoms with E-state index in [0.717, 1.165) is 37.7 Å². The lowest BCUT2D eigenvalue weighted by Crippen LogP contribution is -2.35. The predicted octanol–water partition coefficient (Wildman–Crippen LogP) is 5.68. The first-order valence-electron chi connectivity index (χ1n) is 11.5. The fraction of sp³-hybridized carbons (Fsp3) is 0.423. The Bertz CT molecular complexity index is 1050. The van der Waals surface area contributed by atoms with E-state index in [-0.39, 0.29) is 18.3 Å². The Morgan fingerprint density at radius 2 is 1.71 bits per heavy atom. The van der Waals surface area contributed by atoms with E-state index in [1.165, 1.54) is 25.0 Å². The summed E-state index contributed by atoms with van der Waals surface area (Å²) in [6.07, 6.45) is -0.286. The fourth-order valence-corrected chi connectivity index (χ4v) is 4.32. The number of piperidine rings is 1. The smallest absolute Gasteiger partial charge is 0.416 e. The molecule has 0 spiro atoms. The number of carbonyl (C=O) groups is 1. The molecule has 4 rings (SSSR count). The third kappa shape index (κ3) is 6.30. The Morgan fingerprint density at radius 1 is 1.03 bits per heavy atom. The lowest BCUT2D eigenvalue weighted by Gasteiger charge is -2.30. The summed E-state index contributed by atoms with van der Waals surface area (Å²) in [4.78, 5) is 17.0. The molecule has 0 saturated carbocycles. The van der Waals surface area contributed by atoms with Crippen LogP contribution in [0.4, 0.5) is 18.9 Å². The average molecular weight is 511 g/mol. The Morgan fingerprint density at radius 3 is 2.34 bits per heavy atom. The molecule has 2 aliphatic heterocycles. The van der Waals surface area contributed by atoms with E-state index in [1.807, 2.05) is 0 Å². The maximum absolute atomic E-state index is 13.1. The highest BCUT2D eigenvalue weighted by molar-refractivity contribution is 6.28. The van der Waals surface area contributed by atoms with Gasteiger partial charge in [-0.05, 0) is 61.7 Å². The van der Waals surface area contributed by atoms with Crippen LogP contribution in [0, 0.1) is 5.92 Å². The van der Waals surface area contributed by atoms with Crippen molar-refractivity contribution in [3.8, 4) is 11.5 Å². The molecule has 2 aromatic carbocycles. The van der Waals surface area contributed by atoms with Crippen LogP contribution in [-0.4, -0.2) is 50.7 Å². The minimum absolute atomic E-state index is 0. The van der Waals surface area contributed by atoms with E-state index in [9.17, 15) is 18.0 Å². The number of likely N-dealkylation sites (tertiary alicyclic amines) is 1. The molecule has 5 nitrogen and oxygen atoms in total. The van der Waals surface area contributed by atoms with Gasteiger partial charge in [-0.15, -0.1) is 12.4 Å². The molecular weight excluding hydrogens is 481 g/mol. The highest BCUT2D eigenvalue weighted by Gasteiger charge is 2.31. The number of halogens is 4. The van der Waals surface area contributed by atoms with Crippen LogP contribution in [0.2, 0.25) is 0 Å². The summed E-state index contributed by atoms with van der Waals surface area (Å²) in [6.45, 7) is 6.08. The number of hydrogen-bond acceptors (Lipinski definition) is 4. The van der Waals surface area contributed by atoms with Crippen molar-refractivity contribution >= 4 is 29.6 Å². The SMILES string of the molecule is COc1ccc(N2CC=C(c3ccc(C(F)(F)F)cc3)C2=O)cc1OCCN1CCC(C)CC1.Cl. The number of ether oxygens (including phenoxy) is 2. The van der Waals surface area contributed by atoms with Gasteiger partial charge in [-0.1, -0.05) is 25.1 Å². The Balaban J connectivity index is 0.00000342. The molecule has 190 valence electrons. The van der Waals surface area contributed by atoms with E-state index >= 15 is 0 Å². The molecular formula is C26H30ClF3N2O3. The number of alkyl halides is 3. The second-order valence-corrected chi connectivity index (χ2v) is 8.82. The Kier molecular flexibility index (Phi) is 8.72. The maximum Gasteiger partial charge on any atom is 0.416 e. The number of carbonyl (C=O) groups excluding carboxylic acids is 1. The molecule has 0 bridgehead atoms. The first kappa shape index (κ1) is 26.9. The summed E-state index contributed by atoms with van der Waals surface area (Å²) in [7, 11) is 1.57. The zero-order valence-electron chi connectivity index (χ0n) is 19.8. The van der Waals surface area contributed by atoms with Gasteiger partial charge in [-0.25, -0.2) is 0 Å². The van der Waals surface area contributed by atoms with Gasteiger partial charge in [0.25, 0.3) is 5.91 Å². The first-order chi connectivity index (χ1) is 16.3. The van der Waals surface area contributed by atoms with E-state index in [2.05, 4.69) is 11.8 Å². The molecule has 2 aliphatic rings. The summed E-state index contributed by atoms with van der Waals surface area (Å²) in [6, 6.07) is 9.97. The van der Waals surface area contributed by atoms with Crippen molar-refractivity contribution in [1.29, 1.82) is 0 Å². The molecule has 0 radical (unpaired) electrons. The van der Waals surface area contributed by atoms with Gasteiger partial charge >= 0.3 is 6.18 Å². The van der Waals surface area contributed by atoms with Crippen molar-refractivity contribution in [2.45, 2.75) is 25.9 Å². The lowest BCUT2D eigenvalue weighted by atomic mass is 9.99. The third-order valence-electron chi connectivity index (χ3n) is 6.48. The van der Waals surface area contributed by atoms with Crippen molar-refractivity contribution in [2.75, 3.05) is 44.8 Å². The summed E-state index contributed by atoms with van der Waals surface area (Å²) >= 11 is 0. The van der Waals surface area contributed by atoms with Crippen LogP contribution >= 0.6 is 12.4 Å². The number of hydrogen-bond donors (Lipinski definition) is 0. The second-order valence-electron chi connectivity index (χ2n) is 8.82. The van der Waals surface area contributed by atoms with Crippen LogP contribution in [0.3, 0.4) is 0 Å². The van der Waals surface area contributed by atoms with Gasteiger partial charge in [0.15, 0.2) is 11.5 Å². The van der Waals surface area contributed by atoms with Crippen LogP contribution in [0.5, 0.6) is 11.5 Å². The summed E-state index contributed by atoms with van der Waals surface area (Å²) in [5, 5.41) is 0. The van der Waals surface area contributed by atoms with Gasteiger partial charge in [-0.2, -0.15) is 13.2 Å². The zero-order chi connectivity index (χ0) is 24.3.